The van der Waals surface area contributed by atoms with E-state index in [1.165, 1.54) is 0 Å². The maximum Gasteiger partial charge on any atom is 0.338 e. The van der Waals surface area contributed by atoms with Crippen LogP contribution in [0.3, 0.4) is 0 Å². The maximum absolute atomic E-state index is 13.2. The number of nitrogens with zero attached hydrogens (tertiary/aromatic N) is 2. The average Bonchev–Trinajstić information content (AvgIpc) is 2.87. The van der Waals surface area contributed by atoms with Crippen molar-refractivity contribution in [1.82, 2.24) is 9.88 Å². The number of methoxy groups -OCH3 is 1. The van der Waals surface area contributed by atoms with Gasteiger partial charge in [-0.05, 0) is 67.6 Å². The third kappa shape index (κ3) is 3.78. The molecule has 164 valence electrons. The van der Waals surface area contributed by atoms with Crippen LogP contribution in [0.15, 0.2) is 73.4 Å². The molecule has 0 N–H and O–H groups in total. The lowest BCUT2D eigenvalue weighted by Crippen LogP contribution is -2.55. The van der Waals surface area contributed by atoms with E-state index in [4.69, 9.17) is 9.47 Å². The van der Waals surface area contributed by atoms with Gasteiger partial charge in [-0.25, -0.2) is 4.79 Å². The lowest BCUT2D eigenvalue weighted by molar-refractivity contribution is -0.0568. The Bertz CT molecular complexity index is 1130. The predicted molar refractivity (Wildman–Crippen MR) is 125 cm³/mol. The van der Waals surface area contributed by atoms with E-state index in [1.54, 1.807) is 25.4 Å². The Balaban J connectivity index is 1.57. The number of piperidine rings is 3. The zero-order valence-corrected chi connectivity index (χ0v) is 18.3. The molecule has 5 heteroatoms. The number of carbonyl (C=O) groups is 1. The fraction of sp³-hybridized carbons (Fsp3) is 0.333. The van der Waals surface area contributed by atoms with E-state index in [0.717, 1.165) is 48.1 Å². The Morgan fingerprint density at radius 3 is 2.78 bits per heavy atom. The Kier molecular flexibility index (Phi) is 5.66. The summed E-state index contributed by atoms with van der Waals surface area (Å²) in [6.45, 7) is 6.03. The second-order valence-electron chi connectivity index (χ2n) is 8.72. The van der Waals surface area contributed by atoms with Gasteiger partial charge in [-0.15, -0.1) is 6.58 Å². The van der Waals surface area contributed by atoms with Gasteiger partial charge in [0.15, 0.2) is 0 Å². The van der Waals surface area contributed by atoms with Crippen molar-refractivity contribution in [3.8, 4) is 5.75 Å². The monoisotopic (exact) mass is 428 g/mol. The molecule has 32 heavy (non-hydrogen) atoms. The quantitative estimate of drug-likeness (QED) is 0.407. The van der Waals surface area contributed by atoms with Crippen LogP contribution in [-0.4, -0.2) is 42.1 Å². The first kappa shape index (κ1) is 20.7. The molecular formula is C27H28N2O3. The van der Waals surface area contributed by atoms with Crippen LogP contribution in [0, 0.1) is 11.8 Å². The number of carbonyl (C=O) groups excluding carboxylic acids is 1. The summed E-state index contributed by atoms with van der Waals surface area (Å²) >= 11 is 0. The van der Waals surface area contributed by atoms with Gasteiger partial charge in [0.25, 0.3) is 0 Å². The standard InChI is InChI=1S/C27H28N2O3/c1-3-18-17-29-14-12-20(18)15-25(29)26(32-27(30)19-7-5-4-6-8-19)22-11-13-28-24-10-9-21(31-2)16-23(22)24/h3-11,13,16,18,20,25-26H,1,12,14-15,17H2,2H3/t18-,20-,25+,26+/m0/s1. The number of hydrogen-bond acceptors (Lipinski definition) is 5. The number of hydrogen-bond donors (Lipinski definition) is 0. The molecule has 3 aromatic rings. The number of ether oxygens (including phenoxy) is 2. The smallest absolute Gasteiger partial charge is 0.338 e. The van der Waals surface area contributed by atoms with E-state index in [0.29, 0.717) is 17.4 Å². The number of rotatable bonds is 6. The molecule has 0 radical (unpaired) electrons. The van der Waals surface area contributed by atoms with Gasteiger partial charge in [0, 0.05) is 23.7 Å². The van der Waals surface area contributed by atoms with Crippen molar-refractivity contribution in [2.24, 2.45) is 11.8 Å². The Hall–Kier alpha value is -3.18. The van der Waals surface area contributed by atoms with Crippen LogP contribution in [0.1, 0.15) is 34.9 Å². The first-order valence-corrected chi connectivity index (χ1v) is 11.2. The van der Waals surface area contributed by atoms with E-state index in [9.17, 15) is 4.79 Å². The summed E-state index contributed by atoms with van der Waals surface area (Å²) in [5.41, 5.74) is 2.41. The fourth-order valence-electron chi connectivity index (χ4n) is 5.32. The van der Waals surface area contributed by atoms with Crippen molar-refractivity contribution in [1.29, 1.82) is 0 Å². The Morgan fingerprint density at radius 1 is 1.22 bits per heavy atom. The van der Waals surface area contributed by atoms with Gasteiger partial charge in [0.1, 0.15) is 11.9 Å². The topological polar surface area (TPSA) is 51.7 Å². The number of pyridine rings is 1. The SMILES string of the molecule is C=C[C@H]1CN2CC[C@H]1C[C@@H]2[C@H](OC(=O)c1ccccc1)c1ccnc2ccc(OC)cc12. The molecule has 6 rings (SSSR count). The Labute approximate surface area is 188 Å². The van der Waals surface area contributed by atoms with Crippen LogP contribution >= 0.6 is 0 Å². The minimum absolute atomic E-state index is 0.120. The highest BCUT2D eigenvalue weighted by Crippen LogP contribution is 2.43. The summed E-state index contributed by atoms with van der Waals surface area (Å²) in [5, 5.41) is 0.959. The van der Waals surface area contributed by atoms with Crippen LogP contribution in [-0.2, 0) is 4.74 Å². The van der Waals surface area contributed by atoms with Crippen molar-refractivity contribution in [2.75, 3.05) is 20.2 Å². The fourth-order valence-corrected chi connectivity index (χ4v) is 5.32. The van der Waals surface area contributed by atoms with Gasteiger partial charge in [-0.2, -0.15) is 0 Å². The van der Waals surface area contributed by atoms with Gasteiger partial charge in [-0.3, -0.25) is 9.88 Å². The first-order chi connectivity index (χ1) is 15.7. The highest BCUT2D eigenvalue weighted by atomic mass is 16.5. The molecule has 3 aliphatic heterocycles. The van der Waals surface area contributed by atoms with Crippen molar-refractivity contribution in [2.45, 2.75) is 25.0 Å². The van der Waals surface area contributed by atoms with Crippen molar-refractivity contribution < 1.29 is 14.3 Å². The first-order valence-electron chi connectivity index (χ1n) is 11.2. The molecule has 1 aromatic heterocycles. The number of aromatic nitrogens is 1. The summed E-state index contributed by atoms with van der Waals surface area (Å²) in [6.07, 6.45) is 5.64. The third-order valence-corrected chi connectivity index (χ3v) is 7.04. The van der Waals surface area contributed by atoms with E-state index < -0.39 is 6.10 Å². The molecule has 3 saturated heterocycles. The van der Waals surface area contributed by atoms with E-state index in [2.05, 4.69) is 22.5 Å². The molecular weight excluding hydrogens is 400 g/mol. The van der Waals surface area contributed by atoms with Gasteiger partial charge in [0.2, 0.25) is 0 Å². The number of esters is 1. The molecule has 2 aromatic carbocycles. The van der Waals surface area contributed by atoms with Crippen molar-refractivity contribution in [3.05, 3.63) is 84.6 Å². The average molecular weight is 429 g/mol. The maximum atomic E-state index is 13.2. The van der Waals surface area contributed by atoms with Crippen molar-refractivity contribution >= 4 is 16.9 Å². The Morgan fingerprint density at radius 2 is 2.06 bits per heavy atom. The van der Waals surface area contributed by atoms with Gasteiger partial charge >= 0.3 is 5.97 Å². The van der Waals surface area contributed by atoms with Gasteiger partial charge in [-0.1, -0.05) is 24.3 Å². The predicted octanol–water partition coefficient (Wildman–Crippen LogP) is 5.04. The normalized spacial score (nSPS) is 25.3. The van der Waals surface area contributed by atoms with Gasteiger partial charge < -0.3 is 9.47 Å². The zero-order chi connectivity index (χ0) is 22.1. The van der Waals surface area contributed by atoms with Crippen LogP contribution in [0.2, 0.25) is 0 Å². The van der Waals surface area contributed by atoms with Crippen LogP contribution in [0.25, 0.3) is 10.9 Å². The summed E-state index contributed by atoms with van der Waals surface area (Å²) in [6, 6.07) is 17.2. The van der Waals surface area contributed by atoms with E-state index in [1.807, 2.05) is 42.5 Å². The highest BCUT2D eigenvalue weighted by molar-refractivity contribution is 5.90. The molecule has 0 spiro atoms. The minimum Gasteiger partial charge on any atom is -0.497 e. The lowest BCUT2D eigenvalue weighted by Gasteiger charge is -2.51. The lowest BCUT2D eigenvalue weighted by atomic mass is 9.73. The molecule has 5 atom stereocenters. The number of fused-ring (bicyclic) bond motifs is 4. The molecule has 4 heterocycles. The summed E-state index contributed by atoms with van der Waals surface area (Å²) in [7, 11) is 1.66. The molecule has 0 saturated carbocycles. The molecule has 5 nitrogen and oxygen atoms in total. The molecule has 0 amide bonds. The molecule has 2 bridgehead atoms. The molecule has 1 unspecified atom stereocenters. The molecule has 0 aliphatic carbocycles. The molecule has 3 fully saturated rings. The van der Waals surface area contributed by atoms with E-state index >= 15 is 0 Å². The van der Waals surface area contributed by atoms with Crippen LogP contribution < -0.4 is 4.74 Å². The largest absolute Gasteiger partial charge is 0.497 e. The zero-order valence-electron chi connectivity index (χ0n) is 18.3. The van der Waals surface area contributed by atoms with E-state index in [-0.39, 0.29) is 12.0 Å². The molecule has 3 aliphatic rings. The number of benzene rings is 2. The van der Waals surface area contributed by atoms with Gasteiger partial charge in [0.05, 0.1) is 24.2 Å². The summed E-state index contributed by atoms with van der Waals surface area (Å²) in [5.74, 6) is 1.53. The third-order valence-electron chi connectivity index (χ3n) is 7.04. The highest BCUT2D eigenvalue weighted by Gasteiger charge is 2.44. The van der Waals surface area contributed by atoms with Crippen LogP contribution in [0.5, 0.6) is 5.75 Å². The second-order valence-corrected chi connectivity index (χ2v) is 8.72. The summed E-state index contributed by atoms with van der Waals surface area (Å²) < 4.78 is 11.8. The van der Waals surface area contributed by atoms with Crippen molar-refractivity contribution in [3.63, 3.8) is 0 Å². The second kappa shape index (κ2) is 8.75. The van der Waals surface area contributed by atoms with Crippen LogP contribution in [0.4, 0.5) is 0 Å². The minimum atomic E-state index is -0.395. The summed E-state index contributed by atoms with van der Waals surface area (Å²) in [4.78, 5) is 20.2.